The summed E-state index contributed by atoms with van der Waals surface area (Å²) in [6.45, 7) is 2.93. The first kappa shape index (κ1) is 27.6. The molecule has 2 aliphatic heterocycles. The summed E-state index contributed by atoms with van der Waals surface area (Å²) in [4.78, 5) is 42.6. The van der Waals surface area contributed by atoms with Gasteiger partial charge in [0, 0.05) is 44.7 Å². The summed E-state index contributed by atoms with van der Waals surface area (Å²) in [5, 5.41) is 19.3. The van der Waals surface area contributed by atoms with Gasteiger partial charge in [-0.25, -0.2) is 9.40 Å². The van der Waals surface area contributed by atoms with Crippen molar-refractivity contribution < 1.29 is 23.6 Å². The zero-order chi connectivity index (χ0) is 28.1. The summed E-state index contributed by atoms with van der Waals surface area (Å²) in [7, 11) is 0. The first-order valence-electron chi connectivity index (χ1n) is 12.9. The maximum atomic E-state index is 14.6. The standard InChI is InChI=1S/C28H28FN5O5S/c29-23-8-2-1-7-22(23)28(36)32(11-10-31-12-14-39-15-13-31)19-27(35)33-25(18-24(30-33)26-9-4-16-40-26)20-5-3-6-21(17-20)34(37)38/h1-9,16-17,25H,10-15,18-19H2/t25-/m1/s1. The first-order valence-corrected chi connectivity index (χ1v) is 13.8. The number of halogens is 1. The minimum atomic E-state index is -0.662. The lowest BCUT2D eigenvalue weighted by molar-refractivity contribution is -0.385. The number of hydrazone groups is 1. The van der Waals surface area contributed by atoms with E-state index in [2.05, 4.69) is 10.0 Å². The largest absolute Gasteiger partial charge is 0.379 e. The molecule has 1 fully saturated rings. The van der Waals surface area contributed by atoms with Crippen molar-refractivity contribution in [2.45, 2.75) is 12.5 Å². The molecule has 2 aliphatic rings. The molecule has 0 saturated carbocycles. The minimum absolute atomic E-state index is 0.0867. The number of rotatable bonds is 9. The van der Waals surface area contributed by atoms with Gasteiger partial charge in [-0.05, 0) is 29.1 Å². The molecule has 0 unspecified atom stereocenters. The fourth-order valence-corrected chi connectivity index (χ4v) is 5.54. The number of amides is 2. The van der Waals surface area contributed by atoms with E-state index in [0.717, 1.165) is 4.88 Å². The number of non-ortho nitro benzene ring substituents is 1. The average molecular weight is 566 g/mol. The van der Waals surface area contributed by atoms with E-state index < -0.39 is 28.6 Å². The van der Waals surface area contributed by atoms with Crippen molar-refractivity contribution in [3.63, 3.8) is 0 Å². The van der Waals surface area contributed by atoms with Crippen LogP contribution >= 0.6 is 11.3 Å². The lowest BCUT2D eigenvalue weighted by atomic mass is 10.0. The highest BCUT2D eigenvalue weighted by Gasteiger charge is 2.35. The van der Waals surface area contributed by atoms with Crippen LogP contribution in [-0.4, -0.2) is 83.2 Å². The van der Waals surface area contributed by atoms with Gasteiger partial charge < -0.3 is 9.64 Å². The van der Waals surface area contributed by atoms with Crippen molar-refractivity contribution in [1.29, 1.82) is 0 Å². The number of hydrogen-bond donors (Lipinski definition) is 0. The molecule has 1 saturated heterocycles. The van der Waals surface area contributed by atoms with Gasteiger partial charge in [0.05, 0.1) is 40.3 Å². The van der Waals surface area contributed by atoms with Gasteiger partial charge in [-0.15, -0.1) is 11.3 Å². The third kappa shape index (κ3) is 6.24. The van der Waals surface area contributed by atoms with Gasteiger partial charge in [0.1, 0.15) is 12.4 Å². The third-order valence-electron chi connectivity index (χ3n) is 6.94. The molecule has 0 spiro atoms. The number of morpholine rings is 1. The second-order valence-electron chi connectivity index (χ2n) is 9.49. The molecule has 12 heteroatoms. The van der Waals surface area contributed by atoms with E-state index >= 15 is 0 Å². The molecule has 208 valence electrons. The van der Waals surface area contributed by atoms with E-state index in [1.165, 1.54) is 51.6 Å². The molecular formula is C28H28FN5O5S. The molecular weight excluding hydrogens is 537 g/mol. The maximum Gasteiger partial charge on any atom is 0.269 e. The Morgan fingerprint density at radius 3 is 2.65 bits per heavy atom. The van der Waals surface area contributed by atoms with E-state index in [-0.39, 0.29) is 24.3 Å². The molecule has 0 radical (unpaired) electrons. The first-order chi connectivity index (χ1) is 19.4. The molecule has 1 aromatic heterocycles. The Balaban J connectivity index is 1.42. The van der Waals surface area contributed by atoms with Crippen molar-refractivity contribution in [3.05, 3.63) is 98.0 Å². The zero-order valence-electron chi connectivity index (χ0n) is 21.6. The average Bonchev–Trinajstić information content (AvgIpc) is 3.66. The highest BCUT2D eigenvalue weighted by molar-refractivity contribution is 7.12. The van der Waals surface area contributed by atoms with Gasteiger partial charge in [-0.2, -0.15) is 5.10 Å². The molecule has 1 atom stereocenters. The zero-order valence-corrected chi connectivity index (χ0v) is 22.5. The second kappa shape index (κ2) is 12.5. The fraction of sp³-hybridized carbons (Fsp3) is 0.321. The second-order valence-corrected chi connectivity index (χ2v) is 10.4. The Morgan fingerprint density at radius 1 is 1.12 bits per heavy atom. The van der Waals surface area contributed by atoms with Crippen LogP contribution in [0.3, 0.4) is 0 Å². The predicted molar refractivity (Wildman–Crippen MR) is 148 cm³/mol. The molecule has 0 aliphatic carbocycles. The van der Waals surface area contributed by atoms with Crippen LogP contribution in [0, 0.1) is 15.9 Å². The molecule has 40 heavy (non-hydrogen) atoms. The highest BCUT2D eigenvalue weighted by atomic mass is 32.1. The molecule has 10 nitrogen and oxygen atoms in total. The summed E-state index contributed by atoms with van der Waals surface area (Å²) in [6.07, 6.45) is 0.364. The van der Waals surface area contributed by atoms with Gasteiger partial charge in [0.2, 0.25) is 0 Å². The number of carbonyl (C=O) groups is 2. The third-order valence-corrected chi connectivity index (χ3v) is 7.86. The Kier molecular flexibility index (Phi) is 8.58. The number of nitro groups is 1. The van der Waals surface area contributed by atoms with Crippen molar-refractivity contribution in [1.82, 2.24) is 14.8 Å². The summed E-state index contributed by atoms with van der Waals surface area (Å²) in [6, 6.07) is 15.0. The van der Waals surface area contributed by atoms with E-state index in [4.69, 9.17) is 4.74 Å². The number of hydrogen-bond acceptors (Lipinski definition) is 8. The molecule has 3 heterocycles. The quantitative estimate of drug-likeness (QED) is 0.287. The Labute approximate surface area is 234 Å². The van der Waals surface area contributed by atoms with E-state index in [1.54, 1.807) is 18.2 Å². The van der Waals surface area contributed by atoms with Crippen LogP contribution in [-0.2, 0) is 9.53 Å². The molecule has 5 rings (SSSR count). The number of carbonyl (C=O) groups excluding carboxylic acids is 2. The maximum absolute atomic E-state index is 14.6. The van der Waals surface area contributed by atoms with Crippen LogP contribution < -0.4 is 0 Å². The number of nitrogens with zero attached hydrogens (tertiary/aromatic N) is 5. The van der Waals surface area contributed by atoms with E-state index in [1.807, 2.05) is 17.5 Å². The van der Waals surface area contributed by atoms with Gasteiger partial charge in [0.25, 0.3) is 17.5 Å². The van der Waals surface area contributed by atoms with Crippen molar-refractivity contribution in [3.8, 4) is 0 Å². The molecule has 0 bridgehead atoms. The normalized spacial score (nSPS) is 17.5. The Morgan fingerprint density at radius 2 is 1.93 bits per heavy atom. The van der Waals surface area contributed by atoms with E-state index in [0.29, 0.717) is 50.5 Å². The number of nitro benzene ring substituents is 1. The van der Waals surface area contributed by atoms with Gasteiger partial charge in [0.15, 0.2) is 0 Å². The summed E-state index contributed by atoms with van der Waals surface area (Å²) in [5.41, 5.74) is 1.05. The van der Waals surface area contributed by atoms with Crippen LogP contribution in [0.4, 0.5) is 10.1 Å². The van der Waals surface area contributed by atoms with Crippen molar-refractivity contribution in [2.75, 3.05) is 45.9 Å². The number of benzene rings is 2. The molecule has 2 aromatic carbocycles. The Hall–Kier alpha value is -4.00. The lowest BCUT2D eigenvalue weighted by Gasteiger charge is -2.31. The SMILES string of the molecule is O=C(c1ccccc1F)N(CCN1CCOCC1)CC(=O)N1N=C(c2cccs2)C[C@@H]1c1cccc([N+](=O)[O-])c1. The molecule has 3 aromatic rings. The van der Waals surface area contributed by atoms with Gasteiger partial charge >= 0.3 is 0 Å². The van der Waals surface area contributed by atoms with Crippen LogP contribution in [0.5, 0.6) is 0 Å². The summed E-state index contributed by atoms with van der Waals surface area (Å²) < 4.78 is 20.0. The smallest absolute Gasteiger partial charge is 0.269 e. The van der Waals surface area contributed by atoms with Gasteiger partial charge in [-0.1, -0.05) is 30.3 Å². The minimum Gasteiger partial charge on any atom is -0.379 e. The van der Waals surface area contributed by atoms with Crippen LogP contribution in [0.2, 0.25) is 0 Å². The lowest BCUT2D eigenvalue weighted by Crippen LogP contribution is -2.46. The summed E-state index contributed by atoms with van der Waals surface area (Å²) >= 11 is 1.48. The van der Waals surface area contributed by atoms with Crippen LogP contribution in [0.25, 0.3) is 0 Å². The number of ether oxygens (including phenoxy) is 1. The van der Waals surface area contributed by atoms with Crippen molar-refractivity contribution >= 4 is 34.6 Å². The summed E-state index contributed by atoms with van der Waals surface area (Å²) in [5.74, 6) is -1.71. The van der Waals surface area contributed by atoms with E-state index in [9.17, 15) is 24.1 Å². The van der Waals surface area contributed by atoms with Crippen LogP contribution in [0.15, 0.2) is 71.1 Å². The topological polar surface area (TPSA) is 109 Å². The number of thiophene rings is 1. The molecule has 0 N–H and O–H groups in total. The fourth-order valence-electron chi connectivity index (χ4n) is 4.82. The predicted octanol–water partition coefficient (Wildman–Crippen LogP) is 3.95. The monoisotopic (exact) mass is 565 g/mol. The van der Waals surface area contributed by atoms with Gasteiger partial charge in [-0.3, -0.25) is 24.6 Å². The highest BCUT2D eigenvalue weighted by Crippen LogP contribution is 2.35. The molecule has 2 amide bonds. The van der Waals surface area contributed by atoms with Crippen LogP contribution in [0.1, 0.15) is 33.3 Å². The van der Waals surface area contributed by atoms with Crippen molar-refractivity contribution in [2.24, 2.45) is 5.10 Å². The Bertz CT molecular complexity index is 1410.